The van der Waals surface area contributed by atoms with Crippen molar-refractivity contribution in [3.8, 4) is 0 Å². The molecule has 4 aliphatic carbocycles. The highest BCUT2D eigenvalue weighted by Gasteiger charge is 2.59. The first-order chi connectivity index (χ1) is 13.0. The van der Waals surface area contributed by atoms with Crippen LogP contribution in [0, 0.1) is 28.6 Å². The minimum atomic E-state index is 0.0765. The molecule has 4 rings (SSSR count). The number of carbonyl (C=O) groups excluding carboxylic acids is 1. The second kappa shape index (κ2) is 7.61. The van der Waals surface area contributed by atoms with Gasteiger partial charge in [-0.15, -0.1) is 0 Å². The molecule has 0 amide bonds. The van der Waals surface area contributed by atoms with E-state index >= 15 is 0 Å². The molecule has 0 heterocycles. The second-order valence-electron chi connectivity index (χ2n) is 9.79. The van der Waals surface area contributed by atoms with E-state index in [1.54, 1.807) is 0 Å². The molecule has 4 heteroatoms. The van der Waals surface area contributed by atoms with Gasteiger partial charge in [0.15, 0.2) is 5.78 Å². The van der Waals surface area contributed by atoms with Crippen molar-refractivity contribution in [2.24, 2.45) is 28.6 Å². The third-order valence-corrected chi connectivity index (χ3v) is 8.66. The van der Waals surface area contributed by atoms with Crippen molar-refractivity contribution in [1.82, 2.24) is 0 Å². The lowest BCUT2D eigenvalue weighted by Crippen LogP contribution is -2.51. The van der Waals surface area contributed by atoms with Crippen LogP contribution in [0.25, 0.3) is 0 Å². The van der Waals surface area contributed by atoms with E-state index in [-0.39, 0.29) is 12.0 Å². The third-order valence-electron chi connectivity index (χ3n) is 8.66. The highest BCUT2D eigenvalue weighted by Crippen LogP contribution is 2.65. The molecular weight excluding hydrogens is 340 g/mol. The Bertz CT molecular complexity index is 599. The van der Waals surface area contributed by atoms with Crippen LogP contribution in [-0.2, 0) is 14.3 Å². The summed E-state index contributed by atoms with van der Waals surface area (Å²) in [4.78, 5) is 11.9. The molecule has 0 spiro atoms. The Kier molecular flexibility index (Phi) is 5.52. The molecule has 0 unspecified atom stereocenters. The van der Waals surface area contributed by atoms with Crippen LogP contribution in [0.4, 0.5) is 0 Å². The zero-order chi connectivity index (χ0) is 19.1. The maximum absolute atomic E-state index is 11.9. The van der Waals surface area contributed by atoms with Crippen LogP contribution in [0.1, 0.15) is 65.2 Å². The van der Waals surface area contributed by atoms with Gasteiger partial charge in [0.25, 0.3) is 0 Å². The van der Waals surface area contributed by atoms with Crippen molar-refractivity contribution in [2.45, 2.75) is 71.3 Å². The van der Waals surface area contributed by atoms with Crippen LogP contribution < -0.4 is 0 Å². The number of fused-ring (bicyclic) bond motifs is 5. The maximum atomic E-state index is 11.9. The molecule has 0 aliphatic heterocycles. The van der Waals surface area contributed by atoms with Gasteiger partial charge in [0.05, 0.1) is 32.5 Å². The smallest absolute Gasteiger partial charge is 0.155 e. The summed E-state index contributed by atoms with van der Waals surface area (Å²) < 4.78 is 11.7. The maximum Gasteiger partial charge on any atom is 0.155 e. The highest BCUT2D eigenvalue weighted by atomic mass is 16.5. The van der Waals surface area contributed by atoms with E-state index in [0.717, 1.165) is 37.0 Å². The third kappa shape index (κ3) is 3.32. The Morgan fingerprint density at radius 3 is 2.70 bits per heavy atom. The van der Waals surface area contributed by atoms with Crippen LogP contribution in [0.5, 0.6) is 0 Å². The molecule has 6 atom stereocenters. The van der Waals surface area contributed by atoms with Gasteiger partial charge in [-0.25, -0.2) is 0 Å². The zero-order valence-electron chi connectivity index (χ0n) is 17.0. The van der Waals surface area contributed by atoms with Crippen molar-refractivity contribution in [3.05, 3.63) is 11.6 Å². The van der Waals surface area contributed by atoms with Gasteiger partial charge in [0.1, 0.15) is 0 Å². The predicted molar refractivity (Wildman–Crippen MR) is 104 cm³/mol. The molecule has 0 saturated heterocycles. The summed E-state index contributed by atoms with van der Waals surface area (Å²) in [6.45, 7) is 6.60. The predicted octanol–water partition coefficient (Wildman–Crippen LogP) is 3.91. The van der Waals surface area contributed by atoms with E-state index in [4.69, 9.17) is 14.6 Å². The van der Waals surface area contributed by atoms with Gasteiger partial charge in [0.2, 0.25) is 0 Å². The molecule has 0 radical (unpaired) electrons. The topological polar surface area (TPSA) is 55.8 Å². The lowest BCUT2D eigenvalue weighted by molar-refractivity contribution is -0.119. The number of ketones is 1. The summed E-state index contributed by atoms with van der Waals surface area (Å²) in [5.41, 5.74) is 2.01. The molecule has 3 fully saturated rings. The van der Waals surface area contributed by atoms with Gasteiger partial charge >= 0.3 is 0 Å². The molecule has 3 saturated carbocycles. The fourth-order valence-electron chi connectivity index (χ4n) is 7.20. The lowest BCUT2D eigenvalue weighted by atomic mass is 9.47. The summed E-state index contributed by atoms with van der Waals surface area (Å²) in [6, 6.07) is 0. The van der Waals surface area contributed by atoms with Gasteiger partial charge in [-0.05, 0) is 79.6 Å². The van der Waals surface area contributed by atoms with E-state index < -0.39 is 0 Å². The molecule has 0 bridgehead atoms. The van der Waals surface area contributed by atoms with Crippen molar-refractivity contribution in [2.75, 3.05) is 26.4 Å². The quantitative estimate of drug-likeness (QED) is 0.714. The standard InChI is InChI=1S/C23H36O4/c1-22-9-7-17(25)15-16(22)3-4-18-19-5-6-21(27-14-13-26-12-11-24)23(19,2)10-8-20(18)22/h15,18-21,24H,3-14H2,1-2H3/t18-,19-,20-,21-,22-,23-/m0/s1. The fraction of sp³-hybridized carbons (Fsp3) is 0.870. The second-order valence-corrected chi connectivity index (χ2v) is 9.79. The van der Waals surface area contributed by atoms with Crippen LogP contribution in [0.15, 0.2) is 11.6 Å². The molecule has 0 aromatic rings. The molecule has 0 aromatic carbocycles. The van der Waals surface area contributed by atoms with Gasteiger partial charge in [0, 0.05) is 6.42 Å². The zero-order valence-corrected chi connectivity index (χ0v) is 17.0. The Balaban J connectivity index is 1.44. The Labute approximate surface area is 163 Å². The molecule has 27 heavy (non-hydrogen) atoms. The molecular formula is C23H36O4. The number of allylic oxidation sites excluding steroid dienone is 1. The largest absolute Gasteiger partial charge is 0.394 e. The molecule has 1 N–H and O–H groups in total. The number of rotatable bonds is 6. The fourth-order valence-corrected chi connectivity index (χ4v) is 7.20. The first kappa shape index (κ1) is 19.6. The number of aliphatic hydroxyl groups excluding tert-OH is 1. The number of carbonyl (C=O) groups is 1. The number of aliphatic hydroxyl groups is 1. The Hall–Kier alpha value is -0.710. The summed E-state index contributed by atoms with van der Waals surface area (Å²) in [7, 11) is 0. The van der Waals surface area contributed by atoms with E-state index in [2.05, 4.69) is 13.8 Å². The van der Waals surface area contributed by atoms with E-state index in [9.17, 15) is 4.79 Å². The van der Waals surface area contributed by atoms with Crippen molar-refractivity contribution < 1.29 is 19.4 Å². The average Bonchev–Trinajstić information content (AvgIpc) is 2.99. The van der Waals surface area contributed by atoms with E-state index in [1.165, 1.54) is 37.7 Å². The SMILES string of the molecule is C[C@]12CC[C@H]3[C@@H](CCC4=CC(=O)CC[C@@]43C)[C@@H]1CC[C@@H]2OCCOCCO. The normalized spacial score (nSPS) is 43.7. The summed E-state index contributed by atoms with van der Waals surface area (Å²) >= 11 is 0. The van der Waals surface area contributed by atoms with Gasteiger partial charge in [-0.1, -0.05) is 19.4 Å². The number of hydrogen-bond donors (Lipinski definition) is 1. The van der Waals surface area contributed by atoms with E-state index in [0.29, 0.717) is 37.1 Å². The Morgan fingerprint density at radius 2 is 1.89 bits per heavy atom. The first-order valence-corrected chi connectivity index (χ1v) is 11.0. The highest BCUT2D eigenvalue weighted by molar-refractivity contribution is 5.91. The van der Waals surface area contributed by atoms with Gasteiger partial charge in [-0.2, -0.15) is 0 Å². The van der Waals surface area contributed by atoms with Crippen LogP contribution in [0.3, 0.4) is 0 Å². The first-order valence-electron chi connectivity index (χ1n) is 11.0. The number of ether oxygens (including phenoxy) is 2. The van der Waals surface area contributed by atoms with Crippen molar-refractivity contribution in [3.63, 3.8) is 0 Å². The molecule has 4 aliphatic rings. The summed E-state index contributed by atoms with van der Waals surface area (Å²) in [6.07, 6.45) is 11.5. The minimum absolute atomic E-state index is 0.0765. The summed E-state index contributed by atoms with van der Waals surface area (Å²) in [5, 5.41) is 8.81. The molecule has 4 nitrogen and oxygen atoms in total. The average molecular weight is 377 g/mol. The van der Waals surface area contributed by atoms with Crippen LogP contribution in [0.2, 0.25) is 0 Å². The van der Waals surface area contributed by atoms with Crippen LogP contribution >= 0.6 is 0 Å². The number of hydrogen-bond acceptors (Lipinski definition) is 4. The Morgan fingerprint density at radius 1 is 1.04 bits per heavy atom. The summed E-state index contributed by atoms with van der Waals surface area (Å²) in [5.74, 6) is 2.64. The monoisotopic (exact) mass is 376 g/mol. The van der Waals surface area contributed by atoms with Gasteiger partial charge in [-0.3, -0.25) is 4.79 Å². The lowest BCUT2D eigenvalue weighted by Gasteiger charge is -2.58. The molecule has 152 valence electrons. The minimum Gasteiger partial charge on any atom is -0.394 e. The van der Waals surface area contributed by atoms with Crippen molar-refractivity contribution >= 4 is 5.78 Å². The molecule has 0 aromatic heterocycles. The van der Waals surface area contributed by atoms with Crippen LogP contribution in [-0.4, -0.2) is 43.4 Å². The van der Waals surface area contributed by atoms with Gasteiger partial charge < -0.3 is 14.6 Å². The van der Waals surface area contributed by atoms with E-state index in [1.807, 2.05) is 6.08 Å². The van der Waals surface area contributed by atoms with Crippen molar-refractivity contribution in [1.29, 1.82) is 0 Å².